The lowest BCUT2D eigenvalue weighted by Crippen LogP contribution is -2.35. The predicted molar refractivity (Wildman–Crippen MR) is 62.1 cm³/mol. The lowest BCUT2D eigenvalue weighted by molar-refractivity contribution is -0.144. The number of benzene rings is 1. The maximum Gasteiger partial charge on any atom is 0.277 e. The second kappa shape index (κ2) is 4.66. The van der Waals surface area contributed by atoms with E-state index in [9.17, 15) is 4.79 Å². The highest BCUT2D eigenvalue weighted by atomic mass is 16.7. The fraction of sp³-hybridized carbons (Fsp3) is 0.462. The molecule has 1 amide bonds. The summed E-state index contributed by atoms with van der Waals surface area (Å²) in [4.78, 5) is 17.5. The Labute approximate surface area is 96.0 Å². The second-order valence-corrected chi connectivity index (χ2v) is 4.32. The smallest absolute Gasteiger partial charge is 0.271 e. The molecule has 0 aromatic heterocycles. The van der Waals surface area contributed by atoms with Crippen LogP contribution in [0.5, 0.6) is 0 Å². The summed E-state index contributed by atoms with van der Waals surface area (Å²) in [6.45, 7) is 5.35. The third kappa shape index (κ3) is 2.42. The van der Waals surface area contributed by atoms with E-state index >= 15 is 0 Å². The van der Waals surface area contributed by atoms with Crippen LogP contribution in [0.4, 0.5) is 0 Å². The van der Waals surface area contributed by atoms with Crippen molar-refractivity contribution in [1.29, 1.82) is 0 Å². The average Bonchev–Trinajstić information content (AvgIpc) is 2.28. The van der Waals surface area contributed by atoms with Crippen LogP contribution in [0, 0.1) is 13.8 Å². The molecule has 0 radical (unpaired) electrons. The highest BCUT2D eigenvalue weighted by Crippen LogP contribution is 2.14. The van der Waals surface area contributed by atoms with Crippen molar-refractivity contribution in [1.82, 2.24) is 5.06 Å². The molecule has 3 nitrogen and oxygen atoms in total. The van der Waals surface area contributed by atoms with Crippen molar-refractivity contribution < 1.29 is 9.63 Å². The lowest BCUT2D eigenvalue weighted by atomic mass is 10.1. The van der Waals surface area contributed by atoms with Gasteiger partial charge in [0.2, 0.25) is 0 Å². The van der Waals surface area contributed by atoms with Crippen LogP contribution in [0.2, 0.25) is 0 Å². The van der Waals surface area contributed by atoms with Crippen LogP contribution in [0.1, 0.15) is 34.3 Å². The third-order valence-electron chi connectivity index (χ3n) is 2.70. The number of aryl methyl sites for hydroxylation is 2. The summed E-state index contributed by atoms with van der Waals surface area (Å²) in [7, 11) is 0. The van der Waals surface area contributed by atoms with E-state index in [1.165, 1.54) is 5.06 Å². The van der Waals surface area contributed by atoms with E-state index in [4.69, 9.17) is 4.84 Å². The van der Waals surface area contributed by atoms with Gasteiger partial charge in [-0.1, -0.05) is 17.2 Å². The van der Waals surface area contributed by atoms with E-state index < -0.39 is 0 Å². The lowest BCUT2D eigenvalue weighted by Gasteiger charge is -2.26. The number of hydrogen-bond donors (Lipinski definition) is 0. The van der Waals surface area contributed by atoms with Gasteiger partial charge in [0, 0.05) is 12.1 Å². The number of hydroxylamine groups is 2. The molecule has 0 atom stereocenters. The molecule has 0 bridgehead atoms. The van der Waals surface area contributed by atoms with E-state index in [1.54, 1.807) is 0 Å². The van der Waals surface area contributed by atoms with Gasteiger partial charge in [0.1, 0.15) is 0 Å². The van der Waals surface area contributed by atoms with Crippen LogP contribution in [0.25, 0.3) is 0 Å². The van der Waals surface area contributed by atoms with Crippen molar-refractivity contribution in [2.45, 2.75) is 26.7 Å². The molecule has 1 saturated heterocycles. The molecular formula is C13H17NO2. The Morgan fingerprint density at radius 1 is 1.19 bits per heavy atom. The van der Waals surface area contributed by atoms with Gasteiger partial charge in [-0.25, -0.2) is 5.06 Å². The van der Waals surface area contributed by atoms with Gasteiger partial charge in [-0.3, -0.25) is 9.63 Å². The molecule has 0 unspecified atom stereocenters. The Morgan fingerprint density at radius 3 is 2.44 bits per heavy atom. The largest absolute Gasteiger partial charge is 0.277 e. The molecule has 86 valence electrons. The summed E-state index contributed by atoms with van der Waals surface area (Å²) in [5.74, 6) is -0.0218. The normalized spacial score (nSPS) is 16.2. The molecule has 1 aliphatic rings. The summed E-state index contributed by atoms with van der Waals surface area (Å²) in [5, 5.41) is 1.48. The van der Waals surface area contributed by atoms with E-state index in [0.717, 1.165) is 29.5 Å². The molecule has 1 aromatic carbocycles. The van der Waals surface area contributed by atoms with Gasteiger partial charge in [0.05, 0.1) is 6.61 Å². The third-order valence-corrected chi connectivity index (χ3v) is 2.70. The number of carbonyl (C=O) groups is 1. The van der Waals surface area contributed by atoms with E-state index in [0.29, 0.717) is 13.2 Å². The fourth-order valence-corrected chi connectivity index (χ4v) is 2.00. The molecule has 3 heteroatoms. The van der Waals surface area contributed by atoms with Gasteiger partial charge < -0.3 is 0 Å². The monoisotopic (exact) mass is 219 g/mol. The minimum atomic E-state index is -0.0218. The second-order valence-electron chi connectivity index (χ2n) is 4.32. The maximum absolute atomic E-state index is 12.1. The number of rotatable bonds is 1. The van der Waals surface area contributed by atoms with Crippen molar-refractivity contribution in [3.63, 3.8) is 0 Å². The van der Waals surface area contributed by atoms with Gasteiger partial charge in [-0.05, 0) is 38.8 Å². The van der Waals surface area contributed by atoms with Crippen LogP contribution in [0.15, 0.2) is 18.2 Å². The van der Waals surface area contributed by atoms with Gasteiger partial charge in [-0.15, -0.1) is 0 Å². The molecule has 2 rings (SSSR count). The first-order valence-electron chi connectivity index (χ1n) is 5.70. The molecule has 0 saturated carbocycles. The van der Waals surface area contributed by atoms with Gasteiger partial charge in [-0.2, -0.15) is 0 Å². The van der Waals surface area contributed by atoms with Gasteiger partial charge in [0.15, 0.2) is 0 Å². The summed E-state index contributed by atoms with van der Waals surface area (Å²) < 4.78 is 0. The van der Waals surface area contributed by atoms with Crippen molar-refractivity contribution in [2.75, 3.05) is 13.2 Å². The highest BCUT2D eigenvalue weighted by Gasteiger charge is 2.19. The fourth-order valence-electron chi connectivity index (χ4n) is 2.00. The first-order chi connectivity index (χ1) is 7.66. The van der Waals surface area contributed by atoms with Crippen molar-refractivity contribution >= 4 is 5.91 Å². The topological polar surface area (TPSA) is 29.5 Å². The molecule has 0 N–H and O–H groups in total. The first kappa shape index (κ1) is 11.1. The van der Waals surface area contributed by atoms with Gasteiger partial charge in [0.25, 0.3) is 5.91 Å². The molecule has 1 aromatic rings. The van der Waals surface area contributed by atoms with Gasteiger partial charge >= 0.3 is 0 Å². The van der Waals surface area contributed by atoms with Crippen LogP contribution >= 0.6 is 0 Å². The quantitative estimate of drug-likeness (QED) is 0.726. The Morgan fingerprint density at radius 2 is 1.88 bits per heavy atom. The minimum absolute atomic E-state index is 0.0218. The van der Waals surface area contributed by atoms with Crippen LogP contribution in [-0.4, -0.2) is 24.1 Å². The molecular weight excluding hydrogens is 202 g/mol. The Bertz CT molecular complexity index is 375. The molecule has 0 spiro atoms. The predicted octanol–water partition coefficient (Wildman–Crippen LogP) is 2.47. The zero-order chi connectivity index (χ0) is 11.5. The Hall–Kier alpha value is -1.35. The summed E-state index contributed by atoms with van der Waals surface area (Å²) in [6.07, 6.45) is 2.06. The maximum atomic E-state index is 12.1. The zero-order valence-electron chi connectivity index (χ0n) is 9.82. The number of amides is 1. The molecule has 0 aliphatic carbocycles. The average molecular weight is 219 g/mol. The van der Waals surface area contributed by atoms with Crippen LogP contribution in [-0.2, 0) is 4.84 Å². The minimum Gasteiger partial charge on any atom is -0.271 e. The van der Waals surface area contributed by atoms with Crippen molar-refractivity contribution in [3.8, 4) is 0 Å². The Balaban J connectivity index is 2.19. The zero-order valence-corrected chi connectivity index (χ0v) is 9.82. The summed E-state index contributed by atoms with van der Waals surface area (Å²) >= 11 is 0. The number of nitrogens with zero attached hydrogens (tertiary/aromatic N) is 1. The molecule has 1 fully saturated rings. The molecule has 16 heavy (non-hydrogen) atoms. The van der Waals surface area contributed by atoms with Crippen molar-refractivity contribution in [2.24, 2.45) is 0 Å². The summed E-state index contributed by atoms with van der Waals surface area (Å²) in [5.41, 5.74) is 2.94. The van der Waals surface area contributed by atoms with E-state index in [-0.39, 0.29) is 5.91 Å². The number of carbonyl (C=O) groups excluding carboxylic acids is 1. The van der Waals surface area contributed by atoms with Crippen molar-refractivity contribution in [3.05, 3.63) is 34.9 Å². The van der Waals surface area contributed by atoms with Crippen LogP contribution in [0.3, 0.4) is 0 Å². The van der Waals surface area contributed by atoms with E-state index in [2.05, 4.69) is 6.07 Å². The molecule has 1 aliphatic heterocycles. The molecule has 1 heterocycles. The standard InChI is InChI=1S/C13H17NO2/c1-10-7-11(2)9-12(8-10)13(15)14-5-3-4-6-16-14/h7-9H,3-6H2,1-2H3. The summed E-state index contributed by atoms with van der Waals surface area (Å²) in [6, 6.07) is 5.88. The van der Waals surface area contributed by atoms with Crippen LogP contribution < -0.4 is 0 Å². The first-order valence-corrected chi connectivity index (χ1v) is 5.70. The highest BCUT2D eigenvalue weighted by molar-refractivity contribution is 5.93. The number of hydrogen-bond acceptors (Lipinski definition) is 2. The van der Waals surface area contributed by atoms with E-state index in [1.807, 2.05) is 26.0 Å². The SMILES string of the molecule is Cc1cc(C)cc(C(=O)N2CCCCO2)c1. The Kier molecular flexibility index (Phi) is 3.25.